The third-order valence-electron chi connectivity index (χ3n) is 5.24. The summed E-state index contributed by atoms with van der Waals surface area (Å²) in [6.45, 7) is 13.5. The Labute approximate surface area is 166 Å². The lowest BCUT2D eigenvalue weighted by atomic mass is 10.1. The summed E-state index contributed by atoms with van der Waals surface area (Å²) in [7, 11) is -1.79. The zero-order valence-electron chi connectivity index (χ0n) is 16.8. The molecule has 1 unspecified atom stereocenters. The van der Waals surface area contributed by atoms with Gasteiger partial charge in [0, 0.05) is 12.3 Å². The average molecular weight is 403 g/mol. The Kier molecular flexibility index (Phi) is 5.43. The molecule has 0 aliphatic rings. The molecule has 3 aromatic heterocycles. The van der Waals surface area contributed by atoms with Crippen LogP contribution in [-0.2, 0) is 10.8 Å². The van der Waals surface area contributed by atoms with Gasteiger partial charge >= 0.3 is 0 Å². The monoisotopic (exact) mass is 402 g/mol. The first-order valence-electron chi connectivity index (χ1n) is 9.20. The van der Waals surface area contributed by atoms with Crippen LogP contribution in [0.25, 0.3) is 17.0 Å². The molecule has 0 saturated carbocycles. The second-order valence-electron chi connectivity index (χ2n) is 8.51. The van der Waals surface area contributed by atoms with Gasteiger partial charge in [-0.15, -0.1) is 0 Å². The summed E-state index contributed by atoms with van der Waals surface area (Å²) in [4.78, 5) is 8.89. The lowest BCUT2D eigenvalue weighted by molar-refractivity contribution is 0.199. The van der Waals surface area contributed by atoms with Crippen molar-refractivity contribution in [2.75, 3.05) is 0 Å². The van der Waals surface area contributed by atoms with Gasteiger partial charge in [-0.25, -0.2) is 9.50 Å². The first-order chi connectivity index (χ1) is 12.6. The smallest absolute Gasteiger partial charge is 0.192 e. The highest BCUT2D eigenvalue weighted by molar-refractivity contribution is 6.74. The number of hydrogen-bond donors (Lipinski definition) is 0. The molecular formula is C20H27ClN4OSi. The Morgan fingerprint density at radius 2 is 1.93 bits per heavy atom. The van der Waals surface area contributed by atoms with Crippen LogP contribution in [-0.4, -0.2) is 34.0 Å². The minimum atomic E-state index is -1.79. The molecule has 0 N–H and O–H groups in total. The number of pyridine rings is 1. The van der Waals surface area contributed by atoms with Crippen molar-refractivity contribution < 1.29 is 4.43 Å². The molecule has 3 aromatic rings. The Bertz CT molecular complexity index is 949. The number of hydrogen-bond acceptors (Lipinski definition) is 4. The van der Waals surface area contributed by atoms with E-state index in [1.165, 1.54) is 5.56 Å². The number of imidazole rings is 1. The number of fused-ring (bicyclic) bond motifs is 1. The van der Waals surface area contributed by atoms with Gasteiger partial charge in [0.1, 0.15) is 10.8 Å². The van der Waals surface area contributed by atoms with Gasteiger partial charge in [-0.2, -0.15) is 5.10 Å². The summed E-state index contributed by atoms with van der Waals surface area (Å²) in [6, 6.07) is 7.70. The van der Waals surface area contributed by atoms with Gasteiger partial charge < -0.3 is 4.43 Å². The highest BCUT2D eigenvalue weighted by Gasteiger charge is 2.38. The maximum atomic E-state index is 6.49. The summed E-state index contributed by atoms with van der Waals surface area (Å²) in [5.41, 5.74) is 3.58. The van der Waals surface area contributed by atoms with Gasteiger partial charge in [-0.1, -0.05) is 32.4 Å². The molecule has 1 atom stereocenters. The van der Waals surface area contributed by atoms with Crippen molar-refractivity contribution in [2.45, 2.75) is 58.4 Å². The van der Waals surface area contributed by atoms with Gasteiger partial charge in [0.05, 0.1) is 11.9 Å². The molecule has 0 amide bonds. The van der Waals surface area contributed by atoms with Crippen LogP contribution in [0.4, 0.5) is 0 Å². The van der Waals surface area contributed by atoms with Crippen LogP contribution < -0.4 is 0 Å². The molecule has 0 radical (unpaired) electrons. The molecule has 3 heterocycles. The Morgan fingerprint density at radius 1 is 1.19 bits per heavy atom. The standard InChI is InChI=1S/C20H27ClN4OSi/c1-14(26-27(5,6)20(2,3)4)11-15-9-10-22-16(12-15)17-13-23-19-8-7-18(21)24-25(17)19/h7-10,12-14H,11H2,1-6H3. The number of aromatic nitrogens is 4. The fraction of sp³-hybridized carbons (Fsp3) is 0.450. The van der Waals surface area contributed by atoms with E-state index in [4.69, 9.17) is 16.0 Å². The minimum absolute atomic E-state index is 0.149. The van der Waals surface area contributed by atoms with Crippen LogP contribution in [0.2, 0.25) is 23.3 Å². The molecule has 27 heavy (non-hydrogen) atoms. The second kappa shape index (κ2) is 7.34. The van der Waals surface area contributed by atoms with Crippen LogP contribution in [0.3, 0.4) is 0 Å². The van der Waals surface area contributed by atoms with Crippen molar-refractivity contribution in [1.29, 1.82) is 0 Å². The summed E-state index contributed by atoms with van der Waals surface area (Å²) in [6.07, 6.45) is 4.59. The fourth-order valence-electron chi connectivity index (χ4n) is 2.82. The topological polar surface area (TPSA) is 52.3 Å². The van der Waals surface area contributed by atoms with Crippen LogP contribution in [0, 0.1) is 0 Å². The fourth-order valence-corrected chi connectivity index (χ4v) is 4.40. The summed E-state index contributed by atoms with van der Waals surface area (Å²) >= 11 is 6.04. The van der Waals surface area contributed by atoms with Gasteiger partial charge in [0.25, 0.3) is 0 Å². The van der Waals surface area contributed by atoms with E-state index in [0.29, 0.717) is 5.15 Å². The lowest BCUT2D eigenvalue weighted by Gasteiger charge is -2.38. The SMILES string of the molecule is CC(Cc1ccnc(-c2cnc3ccc(Cl)nn23)c1)O[Si](C)(C)C(C)(C)C. The van der Waals surface area contributed by atoms with Crippen LogP contribution >= 0.6 is 11.6 Å². The molecule has 0 saturated heterocycles. The first kappa shape index (κ1) is 20.0. The molecule has 0 fully saturated rings. The number of halogens is 1. The lowest BCUT2D eigenvalue weighted by Crippen LogP contribution is -2.43. The maximum Gasteiger partial charge on any atom is 0.192 e. The van der Waals surface area contributed by atoms with Crippen LogP contribution in [0.1, 0.15) is 33.3 Å². The van der Waals surface area contributed by atoms with Crippen molar-refractivity contribution in [3.8, 4) is 11.4 Å². The molecule has 144 valence electrons. The van der Waals surface area contributed by atoms with E-state index in [-0.39, 0.29) is 11.1 Å². The number of rotatable bonds is 5. The van der Waals surface area contributed by atoms with Crippen molar-refractivity contribution in [2.24, 2.45) is 0 Å². The average Bonchev–Trinajstić information content (AvgIpc) is 2.96. The zero-order valence-corrected chi connectivity index (χ0v) is 18.6. The van der Waals surface area contributed by atoms with E-state index in [2.05, 4.69) is 61.9 Å². The highest BCUT2D eigenvalue weighted by Crippen LogP contribution is 2.37. The molecule has 7 heteroatoms. The minimum Gasteiger partial charge on any atom is -0.414 e. The molecule has 3 rings (SSSR count). The maximum absolute atomic E-state index is 6.49. The molecular weight excluding hydrogens is 376 g/mol. The van der Waals surface area contributed by atoms with Gasteiger partial charge in [0.15, 0.2) is 14.0 Å². The quantitative estimate of drug-likeness (QED) is 0.536. The highest BCUT2D eigenvalue weighted by atomic mass is 35.5. The number of nitrogens with zero attached hydrogens (tertiary/aromatic N) is 4. The van der Waals surface area contributed by atoms with E-state index >= 15 is 0 Å². The van der Waals surface area contributed by atoms with E-state index in [0.717, 1.165) is 23.5 Å². The van der Waals surface area contributed by atoms with E-state index in [1.807, 2.05) is 18.3 Å². The third-order valence-corrected chi connectivity index (χ3v) is 10.0. The van der Waals surface area contributed by atoms with Crippen LogP contribution in [0.5, 0.6) is 0 Å². The van der Waals surface area contributed by atoms with Crippen molar-refractivity contribution >= 4 is 25.6 Å². The predicted octanol–water partition coefficient (Wildman–Crippen LogP) is 5.40. The summed E-state index contributed by atoms with van der Waals surface area (Å²) in [5.74, 6) is 0. The van der Waals surface area contributed by atoms with Gasteiger partial charge in [-0.05, 0) is 61.3 Å². The third kappa shape index (κ3) is 4.39. The van der Waals surface area contributed by atoms with Crippen molar-refractivity contribution in [1.82, 2.24) is 19.6 Å². The first-order valence-corrected chi connectivity index (χ1v) is 12.5. The van der Waals surface area contributed by atoms with Crippen molar-refractivity contribution in [3.05, 3.63) is 47.4 Å². The summed E-state index contributed by atoms with van der Waals surface area (Å²) in [5, 5.41) is 4.96. The summed E-state index contributed by atoms with van der Waals surface area (Å²) < 4.78 is 8.22. The Hall–Kier alpha value is -1.76. The normalized spacial score (nSPS) is 13.9. The zero-order chi connectivity index (χ0) is 19.8. The molecule has 0 bridgehead atoms. The Balaban J connectivity index is 1.82. The van der Waals surface area contributed by atoms with E-state index < -0.39 is 8.32 Å². The van der Waals surface area contributed by atoms with Gasteiger partial charge in [-0.3, -0.25) is 4.98 Å². The molecule has 0 aromatic carbocycles. The van der Waals surface area contributed by atoms with Crippen LogP contribution in [0.15, 0.2) is 36.7 Å². The van der Waals surface area contributed by atoms with Gasteiger partial charge in [0.2, 0.25) is 0 Å². The molecule has 0 aliphatic carbocycles. The van der Waals surface area contributed by atoms with Crippen molar-refractivity contribution in [3.63, 3.8) is 0 Å². The largest absolute Gasteiger partial charge is 0.414 e. The second-order valence-corrected chi connectivity index (χ2v) is 13.7. The van der Waals surface area contributed by atoms with E-state index in [9.17, 15) is 0 Å². The Morgan fingerprint density at radius 3 is 2.63 bits per heavy atom. The predicted molar refractivity (Wildman–Crippen MR) is 113 cm³/mol. The van der Waals surface area contributed by atoms with E-state index in [1.54, 1.807) is 16.8 Å². The molecule has 5 nitrogen and oxygen atoms in total. The molecule has 0 spiro atoms. The molecule has 0 aliphatic heterocycles.